The second-order valence-electron chi connectivity index (χ2n) is 3.85. The summed E-state index contributed by atoms with van der Waals surface area (Å²) >= 11 is 0. The summed E-state index contributed by atoms with van der Waals surface area (Å²) in [7, 11) is 0. The van der Waals surface area contributed by atoms with Crippen molar-refractivity contribution in [3.8, 4) is 0 Å². The van der Waals surface area contributed by atoms with Crippen LogP contribution in [0.2, 0.25) is 0 Å². The first-order chi connectivity index (χ1) is 7.70. The van der Waals surface area contributed by atoms with Crippen LogP contribution in [0.1, 0.15) is 12.3 Å². The third-order valence-electron chi connectivity index (χ3n) is 2.68. The first-order valence-electron chi connectivity index (χ1n) is 5.27. The first kappa shape index (κ1) is 10.9. The number of anilines is 1. The first-order valence-corrected chi connectivity index (χ1v) is 5.27. The molecule has 0 radical (unpaired) electrons. The summed E-state index contributed by atoms with van der Waals surface area (Å²) in [5, 5.41) is 7.78. The van der Waals surface area contributed by atoms with E-state index in [-0.39, 0.29) is 11.8 Å². The van der Waals surface area contributed by atoms with E-state index in [1.807, 2.05) is 4.90 Å². The number of amides is 1. The Morgan fingerprint density at radius 2 is 2.38 bits per heavy atom. The Morgan fingerprint density at radius 3 is 3.00 bits per heavy atom. The number of carbonyl (C=O) groups is 1. The molecule has 7 heteroatoms. The van der Waals surface area contributed by atoms with Gasteiger partial charge in [-0.15, -0.1) is 5.10 Å². The molecule has 1 amide bonds. The molecule has 88 valence electrons. The molecular weight excluding hydrogens is 210 g/mol. The fraction of sp³-hybridized carbons (Fsp3) is 0.667. The SMILES string of the molecule is NCCc1nnc(N2CCC(C(N)=O)C2)o1. The van der Waals surface area contributed by atoms with Crippen molar-refractivity contribution in [3.05, 3.63) is 5.89 Å². The summed E-state index contributed by atoms with van der Waals surface area (Å²) in [5.41, 5.74) is 10.6. The van der Waals surface area contributed by atoms with Crippen LogP contribution in [-0.4, -0.2) is 35.7 Å². The van der Waals surface area contributed by atoms with Crippen LogP contribution in [0.25, 0.3) is 0 Å². The van der Waals surface area contributed by atoms with Crippen molar-refractivity contribution in [2.24, 2.45) is 17.4 Å². The summed E-state index contributed by atoms with van der Waals surface area (Å²) in [6.45, 7) is 1.75. The summed E-state index contributed by atoms with van der Waals surface area (Å²) < 4.78 is 5.41. The molecule has 2 rings (SSSR count). The Bertz CT molecular complexity index is 378. The molecule has 0 aliphatic carbocycles. The lowest BCUT2D eigenvalue weighted by Gasteiger charge is -2.11. The lowest BCUT2D eigenvalue weighted by atomic mass is 10.1. The number of aromatic nitrogens is 2. The molecule has 1 atom stereocenters. The highest BCUT2D eigenvalue weighted by Crippen LogP contribution is 2.22. The van der Waals surface area contributed by atoms with Gasteiger partial charge in [-0.1, -0.05) is 5.10 Å². The maximum Gasteiger partial charge on any atom is 0.318 e. The van der Waals surface area contributed by atoms with Gasteiger partial charge in [0.25, 0.3) is 0 Å². The van der Waals surface area contributed by atoms with E-state index in [1.165, 1.54) is 0 Å². The monoisotopic (exact) mass is 225 g/mol. The van der Waals surface area contributed by atoms with E-state index in [4.69, 9.17) is 15.9 Å². The molecule has 1 aromatic heterocycles. The van der Waals surface area contributed by atoms with E-state index in [9.17, 15) is 4.79 Å². The molecule has 7 nitrogen and oxygen atoms in total. The van der Waals surface area contributed by atoms with E-state index >= 15 is 0 Å². The van der Waals surface area contributed by atoms with Crippen LogP contribution in [0.3, 0.4) is 0 Å². The molecule has 1 aliphatic heterocycles. The fourth-order valence-corrected chi connectivity index (χ4v) is 1.76. The van der Waals surface area contributed by atoms with Gasteiger partial charge in [0.05, 0.1) is 5.92 Å². The second kappa shape index (κ2) is 4.48. The Kier molecular flexibility index (Phi) is 3.04. The largest absolute Gasteiger partial charge is 0.408 e. The maximum atomic E-state index is 11.0. The molecule has 4 N–H and O–H groups in total. The highest BCUT2D eigenvalue weighted by molar-refractivity contribution is 5.77. The molecule has 0 aromatic carbocycles. The van der Waals surface area contributed by atoms with Crippen molar-refractivity contribution in [3.63, 3.8) is 0 Å². The molecule has 0 saturated carbocycles. The van der Waals surface area contributed by atoms with Crippen molar-refractivity contribution >= 4 is 11.9 Å². The van der Waals surface area contributed by atoms with Crippen LogP contribution < -0.4 is 16.4 Å². The van der Waals surface area contributed by atoms with Crippen LogP contribution >= 0.6 is 0 Å². The number of hydrogen-bond acceptors (Lipinski definition) is 6. The Morgan fingerprint density at radius 1 is 1.56 bits per heavy atom. The van der Waals surface area contributed by atoms with Crippen molar-refractivity contribution in [2.45, 2.75) is 12.8 Å². The molecule has 1 saturated heterocycles. The molecule has 1 aromatic rings. The zero-order valence-corrected chi connectivity index (χ0v) is 8.93. The molecule has 0 spiro atoms. The molecule has 16 heavy (non-hydrogen) atoms. The van der Waals surface area contributed by atoms with E-state index in [2.05, 4.69) is 10.2 Å². The molecule has 1 unspecified atom stereocenters. The van der Waals surface area contributed by atoms with Gasteiger partial charge in [-0.2, -0.15) is 0 Å². The molecule has 1 fully saturated rings. The van der Waals surface area contributed by atoms with Gasteiger partial charge in [-0.25, -0.2) is 0 Å². The zero-order valence-electron chi connectivity index (χ0n) is 8.93. The van der Waals surface area contributed by atoms with E-state index in [0.717, 1.165) is 13.0 Å². The van der Waals surface area contributed by atoms with Crippen LogP contribution in [0.5, 0.6) is 0 Å². The van der Waals surface area contributed by atoms with Crippen molar-refractivity contribution in [1.29, 1.82) is 0 Å². The van der Waals surface area contributed by atoms with E-state index in [0.29, 0.717) is 31.4 Å². The lowest BCUT2D eigenvalue weighted by Crippen LogP contribution is -2.27. The average Bonchev–Trinajstić information content (AvgIpc) is 2.84. The lowest BCUT2D eigenvalue weighted by molar-refractivity contribution is -0.121. The van der Waals surface area contributed by atoms with Crippen molar-refractivity contribution in [2.75, 3.05) is 24.5 Å². The standard InChI is InChI=1S/C9H15N5O2/c10-3-1-7-12-13-9(16-7)14-4-2-6(5-14)8(11)15/h6H,1-5,10H2,(H2,11,15). The maximum absolute atomic E-state index is 11.0. The minimum atomic E-state index is -0.274. The predicted octanol–water partition coefficient (Wildman–Crippen LogP) is -1.12. The van der Waals surface area contributed by atoms with Crippen LogP contribution in [-0.2, 0) is 11.2 Å². The molecule has 2 heterocycles. The van der Waals surface area contributed by atoms with Crippen LogP contribution in [0.15, 0.2) is 4.42 Å². The number of carbonyl (C=O) groups excluding carboxylic acids is 1. The average molecular weight is 225 g/mol. The van der Waals surface area contributed by atoms with E-state index < -0.39 is 0 Å². The van der Waals surface area contributed by atoms with Gasteiger partial charge in [0, 0.05) is 26.1 Å². The zero-order chi connectivity index (χ0) is 11.5. The fourth-order valence-electron chi connectivity index (χ4n) is 1.76. The van der Waals surface area contributed by atoms with Crippen LogP contribution in [0.4, 0.5) is 6.01 Å². The number of primary amides is 1. The number of nitrogens with zero attached hydrogens (tertiary/aromatic N) is 3. The van der Waals surface area contributed by atoms with Gasteiger partial charge in [-0.05, 0) is 6.42 Å². The van der Waals surface area contributed by atoms with Crippen LogP contribution in [0, 0.1) is 5.92 Å². The van der Waals surface area contributed by atoms with Gasteiger partial charge in [-0.3, -0.25) is 4.79 Å². The van der Waals surface area contributed by atoms with Gasteiger partial charge in [0.15, 0.2) is 0 Å². The third kappa shape index (κ3) is 2.13. The summed E-state index contributed by atoms with van der Waals surface area (Å²) in [6.07, 6.45) is 1.31. The highest BCUT2D eigenvalue weighted by atomic mass is 16.4. The number of rotatable bonds is 4. The van der Waals surface area contributed by atoms with Crippen molar-refractivity contribution in [1.82, 2.24) is 10.2 Å². The Hall–Kier alpha value is -1.63. The van der Waals surface area contributed by atoms with Gasteiger partial charge >= 0.3 is 6.01 Å². The van der Waals surface area contributed by atoms with Gasteiger partial charge in [0.1, 0.15) is 0 Å². The molecular formula is C9H15N5O2. The second-order valence-corrected chi connectivity index (χ2v) is 3.85. The third-order valence-corrected chi connectivity index (χ3v) is 2.68. The molecule has 0 bridgehead atoms. The number of nitrogens with two attached hydrogens (primary N) is 2. The smallest absolute Gasteiger partial charge is 0.318 e. The normalized spacial score (nSPS) is 20.3. The van der Waals surface area contributed by atoms with Gasteiger partial charge in [0.2, 0.25) is 11.8 Å². The van der Waals surface area contributed by atoms with Crippen molar-refractivity contribution < 1.29 is 9.21 Å². The Balaban J connectivity index is 2.00. The Labute approximate surface area is 92.8 Å². The summed E-state index contributed by atoms with van der Waals surface area (Å²) in [6, 6.07) is 0.451. The highest BCUT2D eigenvalue weighted by Gasteiger charge is 2.29. The van der Waals surface area contributed by atoms with Gasteiger partial charge < -0.3 is 20.8 Å². The minimum Gasteiger partial charge on any atom is -0.408 e. The minimum absolute atomic E-state index is 0.121. The summed E-state index contributed by atoms with van der Waals surface area (Å²) in [5.74, 6) is 0.133. The van der Waals surface area contributed by atoms with E-state index in [1.54, 1.807) is 0 Å². The molecule has 1 aliphatic rings. The topological polar surface area (TPSA) is 111 Å². The predicted molar refractivity (Wildman–Crippen MR) is 56.6 cm³/mol. The quantitative estimate of drug-likeness (QED) is 0.671. The summed E-state index contributed by atoms with van der Waals surface area (Å²) in [4.78, 5) is 12.9. The number of hydrogen-bond donors (Lipinski definition) is 2.